The average molecular weight is 443 g/mol. The summed E-state index contributed by atoms with van der Waals surface area (Å²) in [6.45, 7) is 5.69. The molecule has 166 valence electrons. The number of fused-ring (bicyclic) bond motifs is 1. The van der Waals surface area contributed by atoms with Gasteiger partial charge in [0, 0.05) is 18.1 Å². The fraction of sp³-hybridized carbons (Fsp3) is 0.182. The van der Waals surface area contributed by atoms with Crippen LogP contribution in [0.4, 0.5) is 24.8 Å². The minimum Gasteiger partial charge on any atom is -0.478 e. The van der Waals surface area contributed by atoms with Crippen molar-refractivity contribution in [2.45, 2.75) is 26.9 Å². The van der Waals surface area contributed by atoms with E-state index in [0.717, 1.165) is 12.1 Å². The van der Waals surface area contributed by atoms with Crippen molar-refractivity contribution in [1.29, 1.82) is 0 Å². The summed E-state index contributed by atoms with van der Waals surface area (Å²) in [5.41, 5.74) is 1.65. The van der Waals surface area contributed by atoms with Crippen molar-refractivity contribution in [3.63, 3.8) is 0 Å². The summed E-state index contributed by atoms with van der Waals surface area (Å²) in [7, 11) is 0. The quantitative estimate of drug-likeness (QED) is 0.427. The Balaban J connectivity index is 0.00000141. The molecule has 10 heteroatoms. The zero-order chi connectivity index (χ0) is 23.5. The Bertz CT molecular complexity index is 1250. The van der Waals surface area contributed by atoms with E-state index in [1.807, 2.05) is 13.8 Å². The molecular weight excluding hydrogens is 423 g/mol. The van der Waals surface area contributed by atoms with Gasteiger partial charge < -0.3 is 10.4 Å². The van der Waals surface area contributed by atoms with Gasteiger partial charge in [-0.1, -0.05) is 13.8 Å². The lowest BCUT2D eigenvalue weighted by Gasteiger charge is -2.09. The van der Waals surface area contributed by atoms with Crippen LogP contribution >= 0.6 is 0 Å². The number of aromatic nitrogens is 4. The van der Waals surface area contributed by atoms with Crippen LogP contribution in [0.1, 0.15) is 35.5 Å². The van der Waals surface area contributed by atoms with E-state index in [-0.39, 0.29) is 17.2 Å². The number of carboxylic acid groups (broad SMARTS) is 1. The lowest BCUT2D eigenvalue weighted by molar-refractivity contribution is -0.137. The Morgan fingerprint density at radius 1 is 1.06 bits per heavy atom. The van der Waals surface area contributed by atoms with Gasteiger partial charge >= 0.3 is 12.1 Å². The molecule has 0 atom stereocenters. The lowest BCUT2D eigenvalue weighted by atomic mass is 10.2. The first kappa shape index (κ1) is 22.7. The van der Waals surface area contributed by atoms with Crippen molar-refractivity contribution in [1.82, 2.24) is 19.4 Å². The lowest BCUT2D eigenvalue weighted by Crippen LogP contribution is -2.05. The van der Waals surface area contributed by atoms with Crippen molar-refractivity contribution < 1.29 is 23.1 Å². The average Bonchev–Trinajstić information content (AvgIpc) is 3.10. The molecule has 0 bridgehead atoms. The molecule has 1 aromatic carbocycles. The third-order valence-electron chi connectivity index (χ3n) is 4.41. The number of nitrogens with one attached hydrogen (secondary N) is 1. The Kier molecular flexibility index (Phi) is 6.42. The number of aromatic carboxylic acids is 1. The number of alkyl halides is 3. The van der Waals surface area contributed by atoms with Crippen molar-refractivity contribution in [3.8, 4) is 11.4 Å². The van der Waals surface area contributed by atoms with Gasteiger partial charge in [0.15, 0.2) is 0 Å². The first-order valence-corrected chi connectivity index (χ1v) is 9.72. The molecule has 0 aliphatic rings. The Morgan fingerprint density at radius 2 is 1.75 bits per heavy atom. The SMILES string of the molecule is CC.Cc1nc2cc(C(F)(F)F)ccn2c1-c1ccnc(Nc2ccc(C(=O)O)cc2)n1. The monoisotopic (exact) mass is 443 g/mol. The van der Waals surface area contributed by atoms with Gasteiger partial charge in [0.2, 0.25) is 5.95 Å². The molecule has 2 N–H and O–H groups in total. The van der Waals surface area contributed by atoms with E-state index in [1.165, 1.54) is 24.5 Å². The maximum Gasteiger partial charge on any atom is 0.416 e. The van der Waals surface area contributed by atoms with Gasteiger partial charge in [0.1, 0.15) is 5.65 Å². The molecule has 0 amide bonds. The molecule has 32 heavy (non-hydrogen) atoms. The van der Waals surface area contributed by atoms with E-state index in [2.05, 4.69) is 20.3 Å². The second-order valence-electron chi connectivity index (χ2n) is 6.46. The van der Waals surface area contributed by atoms with E-state index in [9.17, 15) is 18.0 Å². The molecule has 7 nitrogen and oxygen atoms in total. The molecule has 0 aliphatic heterocycles. The van der Waals surface area contributed by atoms with Crippen LogP contribution in [0.2, 0.25) is 0 Å². The maximum atomic E-state index is 13.0. The van der Waals surface area contributed by atoms with Gasteiger partial charge in [0.25, 0.3) is 0 Å². The molecule has 0 unspecified atom stereocenters. The number of imidazole rings is 1. The van der Waals surface area contributed by atoms with Gasteiger partial charge in [-0.25, -0.2) is 19.7 Å². The third-order valence-corrected chi connectivity index (χ3v) is 4.41. The summed E-state index contributed by atoms with van der Waals surface area (Å²) >= 11 is 0. The van der Waals surface area contributed by atoms with Crippen LogP contribution in [0.3, 0.4) is 0 Å². The normalized spacial score (nSPS) is 11.1. The van der Waals surface area contributed by atoms with Crippen LogP contribution in [0.25, 0.3) is 17.0 Å². The zero-order valence-corrected chi connectivity index (χ0v) is 17.5. The number of anilines is 2. The Labute approximate surface area is 181 Å². The fourth-order valence-corrected chi connectivity index (χ4v) is 3.02. The van der Waals surface area contributed by atoms with E-state index < -0.39 is 17.7 Å². The molecule has 0 fully saturated rings. The molecular formula is C22H20F3N5O2. The smallest absolute Gasteiger partial charge is 0.416 e. The molecule has 0 saturated heterocycles. The van der Waals surface area contributed by atoms with Gasteiger partial charge in [-0.05, 0) is 49.4 Å². The summed E-state index contributed by atoms with van der Waals surface area (Å²) in [5.74, 6) is -0.784. The van der Waals surface area contributed by atoms with Crippen molar-refractivity contribution in [2.24, 2.45) is 0 Å². The highest BCUT2D eigenvalue weighted by Gasteiger charge is 2.31. The van der Waals surface area contributed by atoms with Crippen LogP contribution < -0.4 is 5.32 Å². The number of benzene rings is 1. The molecule has 3 heterocycles. The first-order valence-electron chi connectivity index (χ1n) is 9.72. The summed E-state index contributed by atoms with van der Waals surface area (Å²) in [6.07, 6.45) is -1.63. The highest BCUT2D eigenvalue weighted by molar-refractivity contribution is 5.88. The molecule has 3 aromatic heterocycles. The van der Waals surface area contributed by atoms with Crippen LogP contribution in [-0.2, 0) is 6.18 Å². The summed E-state index contributed by atoms with van der Waals surface area (Å²) in [6, 6.07) is 9.66. The number of carbonyl (C=O) groups is 1. The largest absolute Gasteiger partial charge is 0.478 e. The molecule has 0 radical (unpaired) electrons. The van der Waals surface area contributed by atoms with E-state index in [4.69, 9.17) is 5.11 Å². The Hall–Kier alpha value is -3.95. The molecule has 4 rings (SSSR count). The number of nitrogens with zero attached hydrogens (tertiary/aromatic N) is 4. The molecule has 0 spiro atoms. The van der Waals surface area contributed by atoms with Gasteiger partial charge in [-0.2, -0.15) is 13.2 Å². The fourth-order valence-electron chi connectivity index (χ4n) is 3.02. The van der Waals surface area contributed by atoms with Crippen LogP contribution in [-0.4, -0.2) is 30.4 Å². The maximum absolute atomic E-state index is 13.0. The summed E-state index contributed by atoms with van der Waals surface area (Å²) in [4.78, 5) is 23.7. The number of pyridine rings is 1. The van der Waals surface area contributed by atoms with E-state index in [1.54, 1.807) is 29.5 Å². The van der Waals surface area contributed by atoms with Crippen LogP contribution in [0.5, 0.6) is 0 Å². The van der Waals surface area contributed by atoms with Gasteiger partial charge in [0.05, 0.1) is 28.2 Å². The minimum absolute atomic E-state index is 0.148. The Morgan fingerprint density at radius 3 is 2.38 bits per heavy atom. The standard InChI is InChI=1S/C20H14F3N5O2.C2H6/c1-11-17(28-9-7-13(20(21,22)23)10-16(28)25-11)15-6-8-24-19(27-15)26-14-4-2-12(3-5-14)18(29)30;1-2/h2-10H,1H3,(H,29,30)(H,24,26,27);1-2H3. The summed E-state index contributed by atoms with van der Waals surface area (Å²) in [5, 5.41) is 11.9. The highest BCUT2D eigenvalue weighted by atomic mass is 19.4. The van der Waals surface area contributed by atoms with E-state index in [0.29, 0.717) is 22.8 Å². The van der Waals surface area contributed by atoms with Crippen molar-refractivity contribution >= 4 is 23.3 Å². The van der Waals surface area contributed by atoms with Crippen LogP contribution in [0, 0.1) is 6.92 Å². The molecule has 0 aliphatic carbocycles. The third kappa shape index (κ3) is 4.69. The van der Waals surface area contributed by atoms with Gasteiger partial charge in [-0.15, -0.1) is 0 Å². The molecule has 4 aromatic rings. The van der Waals surface area contributed by atoms with Gasteiger partial charge in [-0.3, -0.25) is 4.40 Å². The topological polar surface area (TPSA) is 92.4 Å². The first-order chi connectivity index (χ1) is 15.2. The number of rotatable bonds is 4. The second kappa shape index (κ2) is 9.04. The number of aryl methyl sites for hydroxylation is 1. The van der Waals surface area contributed by atoms with E-state index >= 15 is 0 Å². The number of carboxylic acids is 1. The number of hydrogen-bond acceptors (Lipinski definition) is 5. The zero-order valence-electron chi connectivity index (χ0n) is 17.5. The second-order valence-corrected chi connectivity index (χ2v) is 6.46. The summed E-state index contributed by atoms with van der Waals surface area (Å²) < 4.78 is 40.5. The number of halogens is 3. The molecule has 0 saturated carbocycles. The van der Waals surface area contributed by atoms with Crippen molar-refractivity contribution in [3.05, 3.63) is 71.7 Å². The number of hydrogen-bond donors (Lipinski definition) is 2. The minimum atomic E-state index is -4.45. The highest BCUT2D eigenvalue weighted by Crippen LogP contribution is 2.31. The predicted molar refractivity (Wildman–Crippen MR) is 114 cm³/mol. The predicted octanol–water partition coefficient (Wildman–Crippen LogP) is 5.59. The van der Waals surface area contributed by atoms with Crippen molar-refractivity contribution in [2.75, 3.05) is 5.32 Å². The van der Waals surface area contributed by atoms with Crippen LogP contribution in [0.15, 0.2) is 54.9 Å².